The fourth-order valence-corrected chi connectivity index (χ4v) is 2.64. The molecule has 0 saturated carbocycles. The number of aromatic nitrogens is 4. The van der Waals surface area contributed by atoms with E-state index in [-0.39, 0.29) is 11.2 Å². The molecule has 1 atom stereocenters. The lowest BCUT2D eigenvalue weighted by Gasteiger charge is -2.12. The summed E-state index contributed by atoms with van der Waals surface area (Å²) >= 11 is 0. The van der Waals surface area contributed by atoms with Gasteiger partial charge in [-0.2, -0.15) is 9.29 Å². The van der Waals surface area contributed by atoms with Crippen molar-refractivity contribution in [2.75, 3.05) is 0 Å². The number of nitrogens with one attached hydrogen (secondary N) is 1. The normalized spacial score (nSPS) is 15.5. The maximum Gasteiger partial charge on any atom is 0.537 e. The van der Waals surface area contributed by atoms with E-state index < -0.39 is 21.5 Å². The molecule has 0 fully saturated rings. The third-order valence-electron chi connectivity index (χ3n) is 1.60. The number of hydrogen-bond donors (Lipinski definition) is 4. The zero-order chi connectivity index (χ0) is 13.4. The lowest BCUT2D eigenvalue weighted by molar-refractivity contribution is 0.228. The quantitative estimate of drug-likeness (QED) is 0.561. The maximum atomic E-state index is 11.3. The molecule has 1 unspecified atom stereocenters. The third-order valence-corrected chi connectivity index (χ3v) is 3.68. The molecule has 2 heterocycles. The number of H-pyrrole nitrogens is 1. The van der Waals surface area contributed by atoms with E-state index >= 15 is 0 Å². The number of imidazole rings is 1. The van der Waals surface area contributed by atoms with E-state index in [9.17, 15) is 9.13 Å². The molecule has 0 radical (unpaired) electrons. The number of fused-ring (bicyclic) bond motifs is 1. The number of aromatic amines is 1. The van der Waals surface area contributed by atoms with E-state index in [2.05, 4.69) is 28.8 Å². The fourth-order valence-electron chi connectivity index (χ4n) is 1.07. The molecule has 4 N–H and O–H groups in total. The van der Waals surface area contributed by atoms with Gasteiger partial charge in [0.25, 0.3) is 5.88 Å². The molecule has 0 bridgehead atoms. The molecule has 0 amide bonds. The molecule has 98 valence electrons. The number of nitrogens with zero attached hydrogens (tertiary/aromatic N) is 3. The van der Waals surface area contributed by atoms with Gasteiger partial charge >= 0.3 is 15.6 Å². The van der Waals surface area contributed by atoms with Crippen LogP contribution in [0.5, 0.6) is 5.88 Å². The Bertz CT molecular complexity index is 665. The van der Waals surface area contributed by atoms with Crippen LogP contribution in [0, 0.1) is 0 Å². The summed E-state index contributed by atoms with van der Waals surface area (Å²) in [6.45, 7) is 0. The predicted molar refractivity (Wildman–Crippen MR) is 55.3 cm³/mol. The van der Waals surface area contributed by atoms with E-state index in [0.717, 1.165) is 6.33 Å². The molecule has 0 aliphatic carbocycles. The minimum atomic E-state index is -5.18. The van der Waals surface area contributed by atoms with Gasteiger partial charge in [-0.1, -0.05) is 0 Å². The Morgan fingerprint density at radius 3 is 2.56 bits per heavy atom. The first-order chi connectivity index (χ1) is 8.27. The average molecular weight is 296 g/mol. The molecule has 13 heteroatoms. The van der Waals surface area contributed by atoms with Crippen LogP contribution in [0.2, 0.25) is 0 Å². The molecular formula is C5H6N4O7P2. The first-order valence-corrected chi connectivity index (χ1v) is 7.23. The van der Waals surface area contributed by atoms with Gasteiger partial charge in [0.2, 0.25) is 0 Å². The Kier molecular flexibility index (Phi) is 3.20. The van der Waals surface area contributed by atoms with Crippen LogP contribution < -0.4 is 4.52 Å². The van der Waals surface area contributed by atoms with Crippen molar-refractivity contribution < 1.29 is 32.6 Å². The standard InChI is InChI=1S/C5H6N4O7P2/c10-17(11,12)16-18(13,14)15-5-3-4(7-1-6-3)8-2-9-5/h1-2H,(H,13,14)(H2,10,11,12)(H,6,7,8,9). The van der Waals surface area contributed by atoms with Gasteiger partial charge in [0.1, 0.15) is 11.8 Å². The summed E-state index contributed by atoms with van der Waals surface area (Å²) in [7, 11) is -10.2. The van der Waals surface area contributed by atoms with Crippen molar-refractivity contribution in [1.29, 1.82) is 0 Å². The lowest BCUT2D eigenvalue weighted by Crippen LogP contribution is -1.98. The van der Waals surface area contributed by atoms with Gasteiger partial charge in [0.05, 0.1) is 6.33 Å². The Morgan fingerprint density at radius 1 is 1.17 bits per heavy atom. The summed E-state index contributed by atoms with van der Waals surface area (Å²) < 4.78 is 29.8. The second-order valence-corrected chi connectivity index (χ2v) is 5.67. The van der Waals surface area contributed by atoms with Gasteiger partial charge in [-0.3, -0.25) is 4.89 Å². The summed E-state index contributed by atoms with van der Waals surface area (Å²) in [5.74, 6) is -0.420. The minimum absolute atomic E-state index is 0.0843. The van der Waals surface area contributed by atoms with Gasteiger partial charge in [0.15, 0.2) is 5.65 Å². The third kappa shape index (κ3) is 3.10. The van der Waals surface area contributed by atoms with Crippen LogP contribution in [0.25, 0.3) is 11.2 Å². The van der Waals surface area contributed by atoms with Crippen LogP contribution in [-0.4, -0.2) is 34.6 Å². The molecular weight excluding hydrogens is 290 g/mol. The fraction of sp³-hybridized carbons (Fsp3) is 0. The number of phosphoric acid groups is 2. The van der Waals surface area contributed by atoms with Crippen molar-refractivity contribution >= 4 is 26.8 Å². The highest BCUT2D eigenvalue weighted by atomic mass is 31.3. The van der Waals surface area contributed by atoms with E-state index in [1.54, 1.807) is 0 Å². The Balaban J connectivity index is 2.31. The van der Waals surface area contributed by atoms with Crippen molar-refractivity contribution in [3.05, 3.63) is 12.7 Å². The summed E-state index contributed by atoms with van der Waals surface area (Å²) in [4.78, 5) is 39.5. The van der Waals surface area contributed by atoms with E-state index in [0.29, 0.717) is 0 Å². The van der Waals surface area contributed by atoms with Crippen LogP contribution in [0.4, 0.5) is 0 Å². The summed E-state index contributed by atoms with van der Waals surface area (Å²) in [6.07, 6.45) is 2.23. The summed E-state index contributed by atoms with van der Waals surface area (Å²) in [6, 6.07) is 0. The van der Waals surface area contributed by atoms with Crippen molar-refractivity contribution in [2.24, 2.45) is 0 Å². The first-order valence-electron chi connectivity index (χ1n) is 4.20. The van der Waals surface area contributed by atoms with E-state index in [4.69, 9.17) is 14.7 Å². The lowest BCUT2D eigenvalue weighted by atomic mass is 10.5. The Morgan fingerprint density at radius 2 is 1.89 bits per heavy atom. The average Bonchev–Trinajstić information content (AvgIpc) is 2.61. The van der Waals surface area contributed by atoms with Crippen molar-refractivity contribution in [3.8, 4) is 5.88 Å². The van der Waals surface area contributed by atoms with Gasteiger partial charge < -0.3 is 19.3 Å². The molecule has 2 rings (SSSR count). The zero-order valence-corrected chi connectivity index (χ0v) is 10.2. The molecule has 0 aromatic carbocycles. The number of phosphoric ester groups is 1. The number of rotatable bonds is 4. The van der Waals surface area contributed by atoms with E-state index in [1.165, 1.54) is 6.33 Å². The molecule has 0 saturated heterocycles. The summed E-state index contributed by atoms with van der Waals surface area (Å²) in [5, 5.41) is 0. The highest BCUT2D eigenvalue weighted by Crippen LogP contribution is 2.57. The minimum Gasteiger partial charge on any atom is -0.383 e. The predicted octanol–water partition coefficient (Wildman–Crippen LogP) is -0.0586. The second kappa shape index (κ2) is 4.39. The van der Waals surface area contributed by atoms with Crippen molar-refractivity contribution in [1.82, 2.24) is 19.9 Å². The van der Waals surface area contributed by atoms with Crippen molar-refractivity contribution in [3.63, 3.8) is 0 Å². The van der Waals surface area contributed by atoms with Crippen molar-refractivity contribution in [2.45, 2.75) is 0 Å². The highest BCUT2D eigenvalue weighted by Gasteiger charge is 2.34. The molecule has 0 spiro atoms. The van der Waals surface area contributed by atoms with Crippen LogP contribution in [0.1, 0.15) is 0 Å². The van der Waals surface area contributed by atoms with Gasteiger partial charge in [-0.05, 0) is 0 Å². The molecule has 2 aromatic rings. The monoisotopic (exact) mass is 296 g/mol. The molecule has 2 aromatic heterocycles. The largest absolute Gasteiger partial charge is 0.537 e. The SMILES string of the molecule is O=P(O)(O)OP(=O)(O)Oc1ncnc2nc[nH]c12. The summed E-state index contributed by atoms with van der Waals surface area (Å²) in [5.41, 5.74) is 0.234. The first kappa shape index (κ1) is 13.1. The topological polar surface area (TPSA) is 168 Å². The maximum absolute atomic E-state index is 11.3. The van der Waals surface area contributed by atoms with Crippen LogP contribution in [-0.2, 0) is 13.4 Å². The number of hydrogen-bond acceptors (Lipinski definition) is 7. The Hall–Kier alpha value is -1.35. The van der Waals surface area contributed by atoms with Crippen LogP contribution >= 0.6 is 15.6 Å². The molecule has 18 heavy (non-hydrogen) atoms. The second-order valence-electron chi connectivity index (χ2n) is 2.91. The van der Waals surface area contributed by atoms with Gasteiger partial charge in [-0.25, -0.2) is 19.1 Å². The van der Waals surface area contributed by atoms with Gasteiger partial charge in [-0.15, -0.1) is 0 Å². The van der Waals surface area contributed by atoms with Gasteiger partial charge in [0, 0.05) is 0 Å². The smallest absolute Gasteiger partial charge is 0.383 e. The molecule has 11 nitrogen and oxygen atoms in total. The molecule has 0 aliphatic rings. The van der Waals surface area contributed by atoms with Crippen LogP contribution in [0.3, 0.4) is 0 Å². The highest BCUT2D eigenvalue weighted by molar-refractivity contribution is 7.60. The molecule has 0 aliphatic heterocycles. The van der Waals surface area contributed by atoms with Crippen LogP contribution in [0.15, 0.2) is 12.7 Å². The van der Waals surface area contributed by atoms with E-state index in [1.807, 2.05) is 0 Å². The Labute approximate surface area is 98.7 Å². The zero-order valence-electron chi connectivity index (χ0n) is 8.37.